The summed E-state index contributed by atoms with van der Waals surface area (Å²) in [6.07, 6.45) is 1.60. The van der Waals surface area contributed by atoms with Gasteiger partial charge >= 0.3 is 5.97 Å². The van der Waals surface area contributed by atoms with E-state index in [2.05, 4.69) is 4.99 Å². The minimum absolute atomic E-state index is 0.0592. The van der Waals surface area contributed by atoms with Crippen molar-refractivity contribution < 1.29 is 28.5 Å². The third-order valence-corrected chi connectivity index (χ3v) is 7.18. The number of carbonyl (C=O) groups excluding carboxylic acids is 1. The van der Waals surface area contributed by atoms with Crippen LogP contribution >= 0.6 is 11.3 Å². The highest BCUT2D eigenvalue weighted by Crippen LogP contribution is 2.36. The second-order valence-electron chi connectivity index (χ2n) is 9.50. The number of ether oxygens (including phenoxy) is 5. The minimum atomic E-state index is -0.825. The van der Waals surface area contributed by atoms with E-state index in [1.165, 1.54) is 23.0 Å². The fourth-order valence-electron chi connectivity index (χ4n) is 4.50. The highest BCUT2D eigenvalue weighted by molar-refractivity contribution is 7.07. The number of nitrogens with zero attached hydrogens (tertiary/aromatic N) is 3. The van der Waals surface area contributed by atoms with E-state index < -0.39 is 12.0 Å². The summed E-state index contributed by atoms with van der Waals surface area (Å²) >= 11 is 1.22. The Morgan fingerprint density at radius 1 is 1.14 bits per heavy atom. The zero-order valence-corrected chi connectivity index (χ0v) is 25.0. The maximum atomic E-state index is 14.0. The molecule has 4 rings (SSSR count). The Labute approximate surface area is 247 Å². The van der Waals surface area contributed by atoms with Gasteiger partial charge in [0.05, 0.1) is 35.1 Å². The van der Waals surface area contributed by atoms with Crippen LogP contribution in [0.3, 0.4) is 0 Å². The van der Waals surface area contributed by atoms with Crippen LogP contribution in [0.1, 0.15) is 44.9 Å². The van der Waals surface area contributed by atoms with E-state index in [0.717, 1.165) is 0 Å². The number of methoxy groups -OCH3 is 1. The van der Waals surface area contributed by atoms with Crippen molar-refractivity contribution in [2.24, 2.45) is 4.99 Å². The molecular formula is C31H33N3O7S. The molecule has 42 heavy (non-hydrogen) atoms. The molecule has 1 aliphatic rings. The number of benzene rings is 2. The summed E-state index contributed by atoms with van der Waals surface area (Å²) in [7, 11) is 1.52. The molecule has 10 nitrogen and oxygen atoms in total. The second-order valence-corrected chi connectivity index (χ2v) is 10.5. The number of nitriles is 1. The van der Waals surface area contributed by atoms with Crippen LogP contribution < -0.4 is 29.1 Å². The van der Waals surface area contributed by atoms with Crippen molar-refractivity contribution in [2.75, 3.05) is 33.5 Å². The maximum Gasteiger partial charge on any atom is 0.338 e. The molecule has 0 fully saturated rings. The van der Waals surface area contributed by atoms with E-state index in [0.29, 0.717) is 50.0 Å². The molecule has 0 N–H and O–H groups in total. The summed E-state index contributed by atoms with van der Waals surface area (Å²) in [5.41, 5.74) is 1.72. The van der Waals surface area contributed by atoms with Crippen molar-refractivity contribution in [1.29, 1.82) is 5.26 Å². The smallest absolute Gasteiger partial charge is 0.338 e. The Morgan fingerprint density at radius 3 is 2.64 bits per heavy atom. The monoisotopic (exact) mass is 591 g/mol. The molecule has 0 radical (unpaired) electrons. The number of fused-ring (bicyclic) bond motifs is 1. The number of para-hydroxylation sites is 1. The van der Waals surface area contributed by atoms with Gasteiger partial charge in [-0.05, 0) is 57.5 Å². The van der Waals surface area contributed by atoms with Gasteiger partial charge in [0.25, 0.3) is 5.56 Å². The lowest BCUT2D eigenvalue weighted by Crippen LogP contribution is -2.40. The summed E-state index contributed by atoms with van der Waals surface area (Å²) in [4.78, 5) is 32.6. The molecule has 0 unspecified atom stereocenters. The van der Waals surface area contributed by atoms with Gasteiger partial charge in [-0.15, -0.1) is 0 Å². The van der Waals surface area contributed by atoms with Gasteiger partial charge in [0.15, 0.2) is 22.9 Å². The van der Waals surface area contributed by atoms with Gasteiger partial charge in [-0.2, -0.15) is 5.26 Å². The van der Waals surface area contributed by atoms with Crippen molar-refractivity contribution in [3.63, 3.8) is 0 Å². The summed E-state index contributed by atoms with van der Waals surface area (Å²) < 4.78 is 29.8. The van der Waals surface area contributed by atoms with Crippen molar-refractivity contribution in [2.45, 2.75) is 39.8 Å². The highest BCUT2D eigenvalue weighted by Gasteiger charge is 2.35. The maximum absolute atomic E-state index is 14.0. The average Bonchev–Trinajstić information content (AvgIpc) is 3.26. The zero-order valence-electron chi connectivity index (χ0n) is 24.2. The van der Waals surface area contributed by atoms with Gasteiger partial charge in [-0.1, -0.05) is 35.6 Å². The van der Waals surface area contributed by atoms with Crippen molar-refractivity contribution in [1.82, 2.24) is 4.57 Å². The number of thiazole rings is 1. The number of aromatic nitrogens is 1. The Balaban J connectivity index is 1.88. The minimum Gasteiger partial charge on any atom is -0.491 e. The number of rotatable bonds is 12. The first-order chi connectivity index (χ1) is 20.3. The lowest BCUT2D eigenvalue weighted by atomic mass is 9.95. The summed E-state index contributed by atoms with van der Waals surface area (Å²) in [5.74, 6) is 0.870. The molecule has 0 spiro atoms. The molecule has 0 saturated heterocycles. The number of hydrogen-bond acceptors (Lipinski definition) is 10. The van der Waals surface area contributed by atoms with Crippen LogP contribution in [0.4, 0.5) is 0 Å². The van der Waals surface area contributed by atoms with Crippen molar-refractivity contribution >= 4 is 23.4 Å². The lowest BCUT2D eigenvalue weighted by Gasteiger charge is -2.27. The summed E-state index contributed by atoms with van der Waals surface area (Å²) in [6.45, 7) is 7.98. The van der Waals surface area contributed by atoms with E-state index in [1.807, 2.05) is 51.1 Å². The fourth-order valence-corrected chi connectivity index (χ4v) is 5.55. The van der Waals surface area contributed by atoms with Crippen molar-refractivity contribution in [3.05, 3.63) is 84.5 Å². The highest BCUT2D eigenvalue weighted by atomic mass is 32.1. The number of esters is 1. The molecule has 1 aromatic heterocycles. The molecule has 0 amide bonds. The van der Waals surface area contributed by atoms with Crippen LogP contribution in [-0.2, 0) is 14.3 Å². The SMILES string of the molecule is CCOc1cc(/C=c2/sc3n(c2=O)[C@@H](c2ccccc2OC(C)C)C(C(=O)OCCOC)=C(C)N=3)ccc1OCC#N. The zero-order chi connectivity index (χ0) is 30.2. The molecule has 0 bridgehead atoms. The van der Waals surface area contributed by atoms with Crippen LogP contribution in [0.2, 0.25) is 0 Å². The first-order valence-corrected chi connectivity index (χ1v) is 14.3. The predicted octanol–water partition coefficient (Wildman–Crippen LogP) is 3.51. The molecule has 220 valence electrons. The lowest BCUT2D eigenvalue weighted by molar-refractivity contribution is -0.140. The van der Waals surface area contributed by atoms with Crippen LogP contribution in [0.25, 0.3) is 6.08 Å². The molecule has 1 atom stereocenters. The average molecular weight is 592 g/mol. The van der Waals surface area contributed by atoms with E-state index in [4.69, 9.17) is 28.9 Å². The summed E-state index contributed by atoms with van der Waals surface area (Å²) in [6, 6.07) is 13.7. The third kappa shape index (κ3) is 6.73. The fraction of sp³-hybridized carbons (Fsp3) is 0.355. The second kappa shape index (κ2) is 14.0. The van der Waals surface area contributed by atoms with Gasteiger partial charge in [0.2, 0.25) is 0 Å². The Morgan fingerprint density at radius 2 is 1.93 bits per heavy atom. The molecule has 0 saturated carbocycles. The quantitative estimate of drug-likeness (QED) is 0.232. The largest absolute Gasteiger partial charge is 0.491 e. The molecule has 3 aromatic rings. The number of hydrogen-bond donors (Lipinski definition) is 0. The Bertz CT molecular complexity index is 1700. The molecular weight excluding hydrogens is 558 g/mol. The van der Waals surface area contributed by atoms with Gasteiger partial charge < -0.3 is 23.7 Å². The first-order valence-electron chi connectivity index (χ1n) is 13.5. The van der Waals surface area contributed by atoms with Gasteiger partial charge in [-0.25, -0.2) is 9.79 Å². The molecule has 1 aliphatic heterocycles. The first kappa shape index (κ1) is 30.6. The topological polar surface area (TPSA) is 121 Å². The number of allylic oxidation sites excluding steroid dienone is 1. The molecule has 2 aromatic carbocycles. The van der Waals surface area contributed by atoms with E-state index in [-0.39, 0.29) is 37.1 Å². The summed E-state index contributed by atoms with van der Waals surface area (Å²) in [5, 5.41) is 8.89. The standard InChI is InChI=1S/C31H33N3O7S/c1-6-38-25-17-21(11-12-24(25)39-14-13-32)18-26-29(35)34-28(22-9-7-8-10-23(22)41-19(2)3)27(20(4)33-31(34)42-26)30(36)40-16-15-37-5/h7-12,17-19,28H,6,14-16H2,1-5H3/b26-18+/t28-/m0/s1. The molecule has 0 aliphatic carbocycles. The Kier molecular flexibility index (Phi) is 10.2. The van der Waals surface area contributed by atoms with Crippen LogP contribution in [0.15, 0.2) is 63.5 Å². The predicted molar refractivity (Wildman–Crippen MR) is 158 cm³/mol. The van der Waals surface area contributed by atoms with Crippen LogP contribution in [0, 0.1) is 11.3 Å². The Hall–Kier alpha value is -4.40. The van der Waals surface area contributed by atoms with Gasteiger partial charge in [0.1, 0.15) is 24.5 Å². The normalized spacial score (nSPS) is 14.7. The third-order valence-electron chi connectivity index (χ3n) is 6.20. The van der Waals surface area contributed by atoms with E-state index in [1.54, 1.807) is 31.2 Å². The van der Waals surface area contributed by atoms with Gasteiger partial charge in [-0.3, -0.25) is 9.36 Å². The van der Waals surface area contributed by atoms with Gasteiger partial charge in [0, 0.05) is 12.7 Å². The van der Waals surface area contributed by atoms with Crippen LogP contribution in [-0.4, -0.2) is 50.2 Å². The van der Waals surface area contributed by atoms with E-state index in [9.17, 15) is 9.59 Å². The number of carbonyl (C=O) groups is 1. The van der Waals surface area contributed by atoms with Crippen molar-refractivity contribution in [3.8, 4) is 23.3 Å². The van der Waals surface area contributed by atoms with E-state index >= 15 is 0 Å². The van der Waals surface area contributed by atoms with Crippen LogP contribution in [0.5, 0.6) is 17.2 Å². The molecule has 2 heterocycles. The molecule has 11 heteroatoms.